The lowest BCUT2D eigenvalue weighted by Crippen LogP contribution is -1.96. The van der Waals surface area contributed by atoms with E-state index in [1.54, 1.807) is 19.6 Å². The fourth-order valence-corrected chi connectivity index (χ4v) is 2.87. The Morgan fingerprint density at radius 2 is 1.88 bits per heavy atom. The van der Waals surface area contributed by atoms with Gasteiger partial charge in [-0.2, -0.15) is 0 Å². The summed E-state index contributed by atoms with van der Waals surface area (Å²) >= 11 is 6.16. The van der Waals surface area contributed by atoms with Crippen molar-refractivity contribution < 1.29 is 4.74 Å². The molecule has 4 nitrogen and oxygen atoms in total. The molecule has 2 aromatic carbocycles. The SMILES string of the molecule is COc1ccc(-c2cc(-n3ccnc3)c3ccc(Cl)cc3n2)cc1. The zero-order valence-corrected chi connectivity index (χ0v) is 13.7. The maximum Gasteiger partial charge on any atom is 0.118 e. The van der Waals surface area contributed by atoms with Crippen molar-refractivity contribution in [2.75, 3.05) is 7.11 Å². The number of pyridine rings is 1. The van der Waals surface area contributed by atoms with Gasteiger partial charge in [0, 0.05) is 28.4 Å². The van der Waals surface area contributed by atoms with Crippen molar-refractivity contribution in [3.8, 4) is 22.7 Å². The molecule has 0 unspecified atom stereocenters. The molecule has 0 atom stereocenters. The lowest BCUT2D eigenvalue weighted by molar-refractivity contribution is 0.415. The summed E-state index contributed by atoms with van der Waals surface area (Å²) in [7, 11) is 1.66. The van der Waals surface area contributed by atoms with Crippen molar-refractivity contribution >= 4 is 22.5 Å². The van der Waals surface area contributed by atoms with Crippen LogP contribution in [0.5, 0.6) is 5.75 Å². The van der Waals surface area contributed by atoms with E-state index in [0.29, 0.717) is 5.02 Å². The van der Waals surface area contributed by atoms with Gasteiger partial charge in [-0.25, -0.2) is 9.97 Å². The largest absolute Gasteiger partial charge is 0.497 e. The summed E-state index contributed by atoms with van der Waals surface area (Å²) in [6.07, 6.45) is 5.46. The van der Waals surface area contributed by atoms with Crippen LogP contribution in [-0.4, -0.2) is 21.6 Å². The van der Waals surface area contributed by atoms with Crippen LogP contribution in [0.1, 0.15) is 0 Å². The summed E-state index contributed by atoms with van der Waals surface area (Å²) in [6, 6.07) is 15.6. The molecule has 0 aliphatic carbocycles. The number of hydrogen-bond acceptors (Lipinski definition) is 3. The predicted molar refractivity (Wildman–Crippen MR) is 95.9 cm³/mol. The molecule has 0 fully saturated rings. The quantitative estimate of drug-likeness (QED) is 0.542. The highest BCUT2D eigenvalue weighted by Crippen LogP contribution is 2.29. The summed E-state index contributed by atoms with van der Waals surface area (Å²) in [5.41, 5.74) is 3.75. The number of aromatic nitrogens is 3. The normalized spacial score (nSPS) is 10.9. The Morgan fingerprint density at radius 1 is 1.04 bits per heavy atom. The molecule has 118 valence electrons. The molecule has 0 bridgehead atoms. The van der Waals surface area contributed by atoms with Gasteiger partial charge in [0.15, 0.2) is 0 Å². The van der Waals surface area contributed by atoms with Crippen LogP contribution in [0.2, 0.25) is 5.02 Å². The fraction of sp³-hybridized carbons (Fsp3) is 0.0526. The summed E-state index contributed by atoms with van der Waals surface area (Å²) in [4.78, 5) is 8.92. The number of methoxy groups -OCH3 is 1. The third-order valence-electron chi connectivity index (χ3n) is 3.92. The fourth-order valence-electron chi connectivity index (χ4n) is 2.71. The Bertz CT molecular complexity index is 995. The van der Waals surface area contributed by atoms with E-state index in [1.807, 2.05) is 53.2 Å². The van der Waals surface area contributed by atoms with Gasteiger partial charge < -0.3 is 9.30 Å². The monoisotopic (exact) mass is 335 g/mol. The van der Waals surface area contributed by atoms with Crippen LogP contribution in [0, 0.1) is 0 Å². The van der Waals surface area contributed by atoms with Gasteiger partial charge in [-0.3, -0.25) is 0 Å². The van der Waals surface area contributed by atoms with Crippen molar-refractivity contribution in [3.63, 3.8) is 0 Å². The van der Waals surface area contributed by atoms with Crippen LogP contribution < -0.4 is 4.74 Å². The molecule has 0 N–H and O–H groups in total. The maximum atomic E-state index is 6.16. The van der Waals surface area contributed by atoms with E-state index in [4.69, 9.17) is 21.3 Å². The number of rotatable bonds is 3. The highest BCUT2D eigenvalue weighted by molar-refractivity contribution is 6.31. The van der Waals surface area contributed by atoms with Gasteiger partial charge in [-0.15, -0.1) is 0 Å². The summed E-state index contributed by atoms with van der Waals surface area (Å²) in [5, 5.41) is 1.69. The van der Waals surface area contributed by atoms with Crippen molar-refractivity contribution in [2.24, 2.45) is 0 Å². The number of fused-ring (bicyclic) bond motifs is 1. The summed E-state index contributed by atoms with van der Waals surface area (Å²) < 4.78 is 7.20. The van der Waals surface area contributed by atoms with Crippen LogP contribution >= 0.6 is 11.6 Å². The highest BCUT2D eigenvalue weighted by atomic mass is 35.5. The molecular formula is C19H14ClN3O. The Balaban J connectivity index is 1.95. The first-order valence-corrected chi connectivity index (χ1v) is 7.85. The zero-order valence-electron chi connectivity index (χ0n) is 13.0. The first-order chi connectivity index (χ1) is 11.7. The lowest BCUT2D eigenvalue weighted by Gasteiger charge is -2.11. The molecule has 4 rings (SSSR count). The minimum atomic E-state index is 0.665. The van der Waals surface area contributed by atoms with Crippen LogP contribution in [-0.2, 0) is 0 Å². The maximum absolute atomic E-state index is 6.16. The van der Waals surface area contributed by atoms with Crippen LogP contribution in [0.15, 0.2) is 67.3 Å². The number of hydrogen-bond donors (Lipinski definition) is 0. The molecule has 0 saturated heterocycles. The second kappa shape index (κ2) is 5.98. The van der Waals surface area contributed by atoms with Crippen molar-refractivity contribution in [2.45, 2.75) is 0 Å². The smallest absolute Gasteiger partial charge is 0.118 e. The van der Waals surface area contributed by atoms with Gasteiger partial charge in [0.1, 0.15) is 5.75 Å². The Labute approximate surface area is 144 Å². The highest BCUT2D eigenvalue weighted by Gasteiger charge is 2.10. The van der Waals surface area contributed by atoms with E-state index < -0.39 is 0 Å². The van der Waals surface area contributed by atoms with Gasteiger partial charge in [0.2, 0.25) is 0 Å². The van der Waals surface area contributed by atoms with Crippen LogP contribution in [0.3, 0.4) is 0 Å². The molecule has 0 saturated carbocycles. The minimum Gasteiger partial charge on any atom is -0.497 e. The van der Waals surface area contributed by atoms with Crippen molar-refractivity contribution in [1.29, 1.82) is 0 Å². The van der Waals surface area contributed by atoms with Crippen LogP contribution in [0.4, 0.5) is 0 Å². The molecule has 2 aromatic heterocycles. The average molecular weight is 336 g/mol. The third kappa shape index (κ3) is 2.61. The van der Waals surface area contributed by atoms with Crippen molar-refractivity contribution in [1.82, 2.24) is 14.5 Å². The first kappa shape index (κ1) is 14.7. The standard InChI is InChI=1S/C19H14ClN3O/c1-24-15-5-2-13(3-6-15)17-11-19(23-9-8-21-12-23)16-7-4-14(20)10-18(16)22-17/h2-12H,1H3. The molecule has 0 aliphatic heterocycles. The number of nitrogens with zero attached hydrogens (tertiary/aromatic N) is 3. The molecule has 0 aliphatic rings. The summed E-state index contributed by atoms with van der Waals surface area (Å²) in [5.74, 6) is 0.817. The van der Waals surface area contributed by atoms with E-state index in [1.165, 1.54) is 0 Å². The second-order valence-electron chi connectivity index (χ2n) is 5.39. The van der Waals surface area contributed by atoms with Gasteiger partial charge in [0.25, 0.3) is 0 Å². The Hall–Kier alpha value is -2.85. The molecule has 0 amide bonds. The Morgan fingerprint density at radius 3 is 2.58 bits per heavy atom. The molecule has 2 heterocycles. The van der Waals surface area contributed by atoms with E-state index in [-0.39, 0.29) is 0 Å². The predicted octanol–water partition coefficient (Wildman–Crippen LogP) is 4.75. The topological polar surface area (TPSA) is 39.9 Å². The minimum absolute atomic E-state index is 0.665. The third-order valence-corrected chi connectivity index (χ3v) is 4.15. The number of imidazole rings is 1. The van der Waals surface area contributed by atoms with Gasteiger partial charge in [0.05, 0.1) is 30.3 Å². The molecule has 0 radical (unpaired) electrons. The van der Waals surface area contributed by atoms with Gasteiger partial charge in [-0.1, -0.05) is 11.6 Å². The lowest BCUT2D eigenvalue weighted by atomic mass is 10.1. The number of benzene rings is 2. The zero-order chi connectivity index (χ0) is 16.5. The van der Waals surface area contributed by atoms with E-state index in [2.05, 4.69) is 11.1 Å². The summed E-state index contributed by atoms with van der Waals surface area (Å²) in [6.45, 7) is 0. The molecule has 24 heavy (non-hydrogen) atoms. The number of halogens is 1. The molecule has 4 aromatic rings. The first-order valence-electron chi connectivity index (χ1n) is 7.48. The van der Waals surface area contributed by atoms with E-state index in [9.17, 15) is 0 Å². The van der Waals surface area contributed by atoms with Crippen molar-refractivity contribution in [3.05, 3.63) is 72.3 Å². The van der Waals surface area contributed by atoms with Gasteiger partial charge >= 0.3 is 0 Å². The van der Waals surface area contributed by atoms with Gasteiger partial charge in [-0.05, 0) is 48.5 Å². The molecular weight excluding hydrogens is 322 g/mol. The van der Waals surface area contributed by atoms with E-state index in [0.717, 1.165) is 33.6 Å². The second-order valence-corrected chi connectivity index (χ2v) is 5.82. The Kier molecular flexibility index (Phi) is 3.67. The molecule has 0 spiro atoms. The van der Waals surface area contributed by atoms with E-state index >= 15 is 0 Å². The number of ether oxygens (including phenoxy) is 1. The average Bonchev–Trinajstić information content (AvgIpc) is 3.15. The van der Waals surface area contributed by atoms with Crippen LogP contribution in [0.25, 0.3) is 27.8 Å². The molecule has 5 heteroatoms.